The number of hydrogen-bond acceptors (Lipinski definition) is 8. The average Bonchev–Trinajstić information content (AvgIpc) is 3.05. The van der Waals surface area contributed by atoms with E-state index >= 15 is 0 Å². The smallest absolute Gasteiger partial charge is 0.243 e. The lowest BCUT2D eigenvalue weighted by Crippen LogP contribution is -2.49. The van der Waals surface area contributed by atoms with Gasteiger partial charge in [-0.25, -0.2) is 18.4 Å². The van der Waals surface area contributed by atoms with E-state index < -0.39 is 10.0 Å². The van der Waals surface area contributed by atoms with Gasteiger partial charge in [0.2, 0.25) is 10.0 Å². The Morgan fingerprint density at radius 3 is 2.22 bits per heavy atom. The average molecular weight is 646 g/mol. The van der Waals surface area contributed by atoms with Crippen LogP contribution in [0.2, 0.25) is 0 Å². The predicted octanol–water partition coefficient (Wildman–Crippen LogP) is 6.45. The van der Waals surface area contributed by atoms with Crippen LogP contribution in [-0.4, -0.2) is 73.5 Å². The van der Waals surface area contributed by atoms with Crippen molar-refractivity contribution < 1.29 is 17.9 Å². The first-order chi connectivity index (χ1) is 22.0. The van der Waals surface area contributed by atoms with Crippen molar-refractivity contribution in [3.63, 3.8) is 0 Å². The molecular formula is C36H47N5O4S. The summed E-state index contributed by atoms with van der Waals surface area (Å²) in [5, 5.41) is 4.52. The van der Waals surface area contributed by atoms with Gasteiger partial charge in [0.05, 0.1) is 29.7 Å². The minimum absolute atomic E-state index is 0.0335. The molecule has 5 rings (SSSR count). The second kappa shape index (κ2) is 14.4. The van der Waals surface area contributed by atoms with Gasteiger partial charge in [0.1, 0.15) is 11.6 Å². The maximum atomic E-state index is 13.4. The Morgan fingerprint density at radius 1 is 0.870 bits per heavy atom. The molecule has 0 amide bonds. The maximum absolute atomic E-state index is 13.4. The van der Waals surface area contributed by atoms with Crippen LogP contribution in [0, 0.1) is 0 Å². The number of fused-ring (bicyclic) bond motifs is 1. The molecule has 9 nitrogen and oxygen atoms in total. The Hall–Kier alpha value is -3.73. The zero-order chi connectivity index (χ0) is 32.9. The second-order valence-electron chi connectivity index (χ2n) is 12.7. The highest BCUT2D eigenvalue weighted by Crippen LogP contribution is 2.30. The third-order valence-electron chi connectivity index (χ3n) is 8.49. The summed E-state index contributed by atoms with van der Waals surface area (Å²) in [7, 11) is -3.57. The lowest BCUT2D eigenvalue weighted by atomic mass is 9.87. The van der Waals surface area contributed by atoms with Crippen molar-refractivity contribution in [3.05, 3.63) is 83.7 Å². The number of anilines is 1. The van der Waals surface area contributed by atoms with Crippen LogP contribution in [0.3, 0.4) is 0 Å². The number of piperazine rings is 1. The van der Waals surface area contributed by atoms with E-state index in [4.69, 9.17) is 19.4 Å². The van der Waals surface area contributed by atoms with Gasteiger partial charge >= 0.3 is 0 Å². The summed E-state index contributed by atoms with van der Waals surface area (Å²) < 4.78 is 40.0. The number of nitrogens with zero attached hydrogens (tertiary/aromatic N) is 4. The van der Waals surface area contributed by atoms with Gasteiger partial charge in [0.15, 0.2) is 11.5 Å². The Kier molecular flexibility index (Phi) is 10.5. The van der Waals surface area contributed by atoms with Gasteiger partial charge in [-0.2, -0.15) is 4.31 Å². The van der Waals surface area contributed by atoms with Crippen LogP contribution in [0.5, 0.6) is 11.5 Å². The zero-order valence-electron chi connectivity index (χ0n) is 27.9. The van der Waals surface area contributed by atoms with Crippen molar-refractivity contribution in [2.75, 3.05) is 51.3 Å². The summed E-state index contributed by atoms with van der Waals surface area (Å²) in [6, 6.07) is 21.3. The van der Waals surface area contributed by atoms with E-state index in [0.29, 0.717) is 50.8 Å². The molecule has 2 heterocycles. The van der Waals surface area contributed by atoms with Gasteiger partial charge in [-0.05, 0) is 80.1 Å². The highest BCUT2D eigenvalue weighted by atomic mass is 32.2. The van der Waals surface area contributed by atoms with E-state index in [1.165, 1.54) is 0 Å². The molecule has 1 aliphatic rings. The Labute approximate surface area is 274 Å². The van der Waals surface area contributed by atoms with Crippen LogP contribution >= 0.6 is 0 Å². The van der Waals surface area contributed by atoms with E-state index in [0.717, 1.165) is 51.6 Å². The third-order valence-corrected chi connectivity index (χ3v) is 10.4. The number of hydrogen-bond donors (Lipinski definition) is 1. The van der Waals surface area contributed by atoms with E-state index in [1.54, 1.807) is 16.4 Å². The fraction of sp³-hybridized carbons (Fsp3) is 0.444. The summed E-state index contributed by atoms with van der Waals surface area (Å²) in [5.41, 5.74) is 3.10. The summed E-state index contributed by atoms with van der Waals surface area (Å²) >= 11 is 0. The molecule has 1 N–H and O–H groups in total. The molecule has 46 heavy (non-hydrogen) atoms. The molecule has 1 atom stereocenters. The Morgan fingerprint density at radius 2 is 1.54 bits per heavy atom. The van der Waals surface area contributed by atoms with Gasteiger partial charge < -0.3 is 14.8 Å². The molecule has 246 valence electrons. The van der Waals surface area contributed by atoms with Crippen molar-refractivity contribution in [2.24, 2.45) is 0 Å². The highest BCUT2D eigenvalue weighted by Gasteiger charge is 2.31. The topological polar surface area (TPSA) is 96.9 Å². The summed E-state index contributed by atoms with van der Waals surface area (Å²) in [6.45, 7) is 16.3. The first kappa shape index (κ1) is 33.6. The molecule has 1 saturated heterocycles. The molecule has 10 heteroatoms. The van der Waals surface area contributed by atoms with Gasteiger partial charge in [-0.15, -0.1) is 0 Å². The minimum Gasteiger partial charge on any atom is -0.490 e. The molecule has 1 aromatic heterocycles. The second-order valence-corrected chi connectivity index (χ2v) is 14.6. The van der Waals surface area contributed by atoms with E-state index in [9.17, 15) is 8.42 Å². The molecule has 0 aliphatic carbocycles. The van der Waals surface area contributed by atoms with E-state index in [2.05, 4.69) is 44.0 Å². The third kappa shape index (κ3) is 7.62. The quantitative estimate of drug-likeness (QED) is 0.188. The Bertz CT molecular complexity index is 1730. The largest absolute Gasteiger partial charge is 0.490 e. The van der Waals surface area contributed by atoms with Gasteiger partial charge in [0, 0.05) is 38.1 Å². The molecule has 0 radical (unpaired) electrons. The molecule has 0 spiro atoms. The van der Waals surface area contributed by atoms with Crippen molar-refractivity contribution in [2.45, 2.75) is 64.3 Å². The molecule has 0 bridgehead atoms. The van der Waals surface area contributed by atoms with Crippen LogP contribution in [0.25, 0.3) is 10.9 Å². The summed E-state index contributed by atoms with van der Waals surface area (Å²) in [4.78, 5) is 12.5. The first-order valence-corrected chi connectivity index (χ1v) is 17.7. The number of benzene rings is 3. The number of para-hydroxylation sites is 1. The zero-order valence-corrected chi connectivity index (χ0v) is 28.7. The van der Waals surface area contributed by atoms with Crippen molar-refractivity contribution >= 4 is 26.7 Å². The first-order valence-electron chi connectivity index (χ1n) is 16.2. The van der Waals surface area contributed by atoms with Crippen LogP contribution in [0.15, 0.2) is 71.6 Å². The van der Waals surface area contributed by atoms with Crippen LogP contribution in [-0.2, 0) is 21.9 Å². The van der Waals surface area contributed by atoms with Crippen molar-refractivity contribution in [1.29, 1.82) is 0 Å². The van der Waals surface area contributed by atoms with E-state index in [-0.39, 0.29) is 11.5 Å². The SMILES string of the molecule is CCOc1ccc(CCNc2nc([C@H](C)N3CCN(S(=O)(=O)c4ccc(C(C)(C)C)cc4)CC3)nc3ccccc23)cc1OCC. The van der Waals surface area contributed by atoms with Crippen LogP contribution in [0.1, 0.15) is 64.5 Å². The lowest BCUT2D eigenvalue weighted by Gasteiger charge is -2.37. The van der Waals surface area contributed by atoms with Crippen LogP contribution in [0.4, 0.5) is 5.82 Å². The molecule has 1 aliphatic heterocycles. The fourth-order valence-corrected chi connectivity index (χ4v) is 7.19. The molecular weight excluding hydrogens is 598 g/mol. The summed E-state index contributed by atoms with van der Waals surface area (Å²) in [6.07, 6.45) is 0.783. The molecule has 3 aromatic carbocycles. The number of rotatable bonds is 12. The number of ether oxygens (including phenoxy) is 2. The standard InChI is InChI=1S/C36H47N5O4S/c1-7-44-32-18-13-27(25-33(32)45-8-2)19-20-37-35-30-11-9-10-12-31(30)38-34(39-35)26(3)40-21-23-41(24-22-40)46(42,43)29-16-14-28(15-17-29)36(4,5)6/h9-18,25-26H,7-8,19-24H2,1-6H3,(H,37,38,39)/t26-/m0/s1. The summed E-state index contributed by atoms with van der Waals surface area (Å²) in [5.74, 6) is 3.03. The monoisotopic (exact) mass is 645 g/mol. The lowest BCUT2D eigenvalue weighted by molar-refractivity contribution is 0.141. The highest BCUT2D eigenvalue weighted by molar-refractivity contribution is 7.89. The van der Waals surface area contributed by atoms with Gasteiger partial charge in [-0.1, -0.05) is 51.1 Å². The molecule has 0 unspecified atom stereocenters. The van der Waals surface area contributed by atoms with Crippen LogP contribution < -0.4 is 14.8 Å². The van der Waals surface area contributed by atoms with Gasteiger partial charge in [0.25, 0.3) is 0 Å². The van der Waals surface area contributed by atoms with Crippen molar-refractivity contribution in [3.8, 4) is 11.5 Å². The number of nitrogens with one attached hydrogen (secondary N) is 1. The number of sulfonamides is 1. The normalized spacial score (nSPS) is 15.5. The fourth-order valence-electron chi connectivity index (χ4n) is 5.76. The maximum Gasteiger partial charge on any atom is 0.243 e. The molecule has 4 aromatic rings. The molecule has 0 saturated carbocycles. The Balaban J connectivity index is 1.26. The predicted molar refractivity (Wildman–Crippen MR) is 184 cm³/mol. The number of aromatic nitrogens is 2. The van der Waals surface area contributed by atoms with Gasteiger partial charge in [-0.3, -0.25) is 4.90 Å². The van der Waals surface area contributed by atoms with Crippen molar-refractivity contribution in [1.82, 2.24) is 19.2 Å². The molecule has 1 fully saturated rings. The van der Waals surface area contributed by atoms with E-state index in [1.807, 2.05) is 62.4 Å². The minimum atomic E-state index is -3.57.